The molecule has 3 heteroatoms. The third kappa shape index (κ3) is 2.61. The van der Waals surface area contributed by atoms with E-state index < -0.39 is 0 Å². The van der Waals surface area contributed by atoms with Crippen molar-refractivity contribution in [3.63, 3.8) is 0 Å². The van der Waals surface area contributed by atoms with Gasteiger partial charge in [0.05, 0.1) is 11.7 Å². The molecule has 0 radical (unpaired) electrons. The second-order valence-corrected chi connectivity index (χ2v) is 5.66. The summed E-state index contributed by atoms with van der Waals surface area (Å²) in [5, 5.41) is 8.32. The Labute approximate surface area is 111 Å². The number of hydrogen-bond donors (Lipinski definition) is 1. The van der Waals surface area contributed by atoms with Crippen molar-refractivity contribution in [3.05, 3.63) is 17.5 Å². The molecule has 1 heterocycles. The molecule has 1 saturated carbocycles. The van der Waals surface area contributed by atoms with Crippen molar-refractivity contribution < 1.29 is 0 Å². The number of nitrogens with one attached hydrogen (secondary N) is 1. The summed E-state index contributed by atoms with van der Waals surface area (Å²) < 4.78 is 2.32. The number of nitrogens with zero attached hydrogens (tertiary/aromatic N) is 2. The summed E-state index contributed by atoms with van der Waals surface area (Å²) >= 11 is 0. The molecule has 0 bridgehead atoms. The molecule has 3 nitrogen and oxygen atoms in total. The van der Waals surface area contributed by atoms with E-state index in [2.05, 4.69) is 43.9 Å². The molecule has 1 N–H and O–H groups in total. The van der Waals surface area contributed by atoms with Crippen LogP contribution < -0.4 is 5.32 Å². The number of aromatic nitrogens is 2. The Hall–Kier alpha value is -0.830. The minimum atomic E-state index is 0.536. The van der Waals surface area contributed by atoms with E-state index in [9.17, 15) is 0 Å². The van der Waals surface area contributed by atoms with Crippen LogP contribution in [0.25, 0.3) is 0 Å². The second kappa shape index (κ2) is 5.87. The first-order chi connectivity index (χ1) is 8.69. The first-order valence-electron chi connectivity index (χ1n) is 7.44. The van der Waals surface area contributed by atoms with E-state index in [1.54, 1.807) is 0 Å². The van der Waals surface area contributed by atoms with Gasteiger partial charge in [-0.3, -0.25) is 4.68 Å². The number of likely N-dealkylation sites (N-methyl/N-ethyl adjacent to an activating group) is 1. The highest BCUT2D eigenvalue weighted by atomic mass is 15.3. The molecule has 18 heavy (non-hydrogen) atoms. The third-order valence-corrected chi connectivity index (χ3v) is 4.35. The average Bonchev–Trinajstić information content (AvgIpc) is 2.81. The van der Waals surface area contributed by atoms with E-state index in [1.807, 2.05) is 0 Å². The van der Waals surface area contributed by atoms with Gasteiger partial charge in [0, 0.05) is 11.7 Å². The van der Waals surface area contributed by atoms with Gasteiger partial charge in [0.1, 0.15) is 0 Å². The van der Waals surface area contributed by atoms with Gasteiger partial charge in [-0.05, 0) is 51.1 Å². The fourth-order valence-electron chi connectivity index (χ4n) is 3.17. The third-order valence-electron chi connectivity index (χ3n) is 4.35. The lowest BCUT2D eigenvalue weighted by Gasteiger charge is -2.35. The highest BCUT2D eigenvalue weighted by molar-refractivity contribution is 5.12. The van der Waals surface area contributed by atoms with Crippen LogP contribution in [0.5, 0.6) is 0 Å². The number of hydrogen-bond acceptors (Lipinski definition) is 2. The molecule has 1 aliphatic rings. The van der Waals surface area contributed by atoms with E-state index in [4.69, 9.17) is 5.10 Å². The number of rotatable bonds is 4. The van der Waals surface area contributed by atoms with Crippen molar-refractivity contribution in [2.75, 3.05) is 7.05 Å². The zero-order valence-corrected chi connectivity index (χ0v) is 12.2. The molecule has 2 rings (SSSR count). The Morgan fingerprint density at radius 2 is 2.11 bits per heavy atom. The molecule has 102 valence electrons. The lowest BCUT2D eigenvalue weighted by atomic mass is 9.83. The average molecular weight is 249 g/mol. The van der Waals surface area contributed by atoms with Gasteiger partial charge in [-0.15, -0.1) is 0 Å². The van der Waals surface area contributed by atoms with Gasteiger partial charge in [0.15, 0.2) is 0 Å². The van der Waals surface area contributed by atoms with Gasteiger partial charge in [-0.25, -0.2) is 0 Å². The van der Waals surface area contributed by atoms with Gasteiger partial charge >= 0.3 is 0 Å². The molecule has 0 aliphatic heterocycles. The molecule has 1 aromatic rings. The Morgan fingerprint density at radius 3 is 2.72 bits per heavy atom. The van der Waals surface area contributed by atoms with Crippen LogP contribution in [0, 0.1) is 5.92 Å². The minimum absolute atomic E-state index is 0.536. The fourth-order valence-corrected chi connectivity index (χ4v) is 3.17. The lowest BCUT2D eigenvalue weighted by molar-refractivity contribution is 0.206. The summed E-state index contributed by atoms with van der Waals surface area (Å²) in [7, 11) is 2.09. The molecule has 3 unspecified atom stereocenters. The van der Waals surface area contributed by atoms with Crippen molar-refractivity contribution in [1.29, 1.82) is 0 Å². The van der Waals surface area contributed by atoms with E-state index >= 15 is 0 Å². The molecule has 0 amide bonds. The molecule has 1 aromatic heterocycles. The summed E-state index contributed by atoms with van der Waals surface area (Å²) in [6.45, 7) is 6.79. The maximum atomic E-state index is 4.83. The Kier molecular flexibility index (Phi) is 4.44. The lowest BCUT2D eigenvalue weighted by Crippen LogP contribution is -2.40. The van der Waals surface area contributed by atoms with Gasteiger partial charge in [0.25, 0.3) is 0 Å². The van der Waals surface area contributed by atoms with Crippen LogP contribution in [-0.2, 0) is 12.8 Å². The summed E-state index contributed by atoms with van der Waals surface area (Å²) in [5.74, 6) is 0.818. The highest BCUT2D eigenvalue weighted by Crippen LogP contribution is 2.33. The van der Waals surface area contributed by atoms with E-state index in [0.29, 0.717) is 12.1 Å². The molecular formula is C15H27N3. The van der Waals surface area contributed by atoms with Gasteiger partial charge in [0.2, 0.25) is 0 Å². The summed E-state index contributed by atoms with van der Waals surface area (Å²) in [6.07, 6.45) is 5.97. The Balaban J connectivity index is 2.29. The van der Waals surface area contributed by atoms with Crippen LogP contribution in [0.2, 0.25) is 0 Å². The van der Waals surface area contributed by atoms with Crippen LogP contribution in [0.15, 0.2) is 6.07 Å². The van der Waals surface area contributed by atoms with Crippen LogP contribution in [0.4, 0.5) is 0 Å². The normalized spacial score (nSPS) is 28.6. The van der Waals surface area contributed by atoms with Crippen LogP contribution >= 0.6 is 0 Å². The first kappa shape index (κ1) is 13.6. The van der Waals surface area contributed by atoms with Gasteiger partial charge in [-0.2, -0.15) is 5.10 Å². The van der Waals surface area contributed by atoms with Crippen molar-refractivity contribution in [3.8, 4) is 0 Å². The van der Waals surface area contributed by atoms with Crippen molar-refractivity contribution >= 4 is 0 Å². The maximum Gasteiger partial charge on any atom is 0.0677 e. The minimum Gasteiger partial charge on any atom is -0.315 e. The van der Waals surface area contributed by atoms with Crippen molar-refractivity contribution in [2.45, 2.75) is 65.0 Å². The van der Waals surface area contributed by atoms with Crippen molar-refractivity contribution in [1.82, 2.24) is 15.1 Å². The van der Waals surface area contributed by atoms with Gasteiger partial charge < -0.3 is 5.32 Å². The highest BCUT2D eigenvalue weighted by Gasteiger charge is 2.30. The van der Waals surface area contributed by atoms with E-state index in [-0.39, 0.29) is 0 Å². The quantitative estimate of drug-likeness (QED) is 0.889. The maximum absolute atomic E-state index is 4.83. The summed E-state index contributed by atoms with van der Waals surface area (Å²) in [4.78, 5) is 0. The predicted molar refractivity (Wildman–Crippen MR) is 75.9 cm³/mol. The molecule has 3 atom stereocenters. The Bertz CT molecular complexity index is 383. The predicted octanol–water partition coefficient (Wildman–Crippen LogP) is 2.96. The first-order valence-corrected chi connectivity index (χ1v) is 7.44. The monoisotopic (exact) mass is 249 g/mol. The largest absolute Gasteiger partial charge is 0.315 e. The second-order valence-electron chi connectivity index (χ2n) is 5.66. The molecule has 0 saturated heterocycles. The van der Waals surface area contributed by atoms with Crippen molar-refractivity contribution in [2.24, 2.45) is 5.92 Å². The summed E-state index contributed by atoms with van der Waals surface area (Å²) in [6, 6.07) is 3.40. The molecule has 0 spiro atoms. The number of aryl methyl sites for hydroxylation is 2. The van der Waals surface area contributed by atoms with E-state index in [1.165, 1.54) is 30.7 Å². The standard InChI is InChI=1S/C15H27N3/c1-5-12-10-13(6-2)18(17-12)15-9-11(3)7-8-14(15)16-4/h10-11,14-16H,5-9H2,1-4H3. The molecule has 1 fully saturated rings. The zero-order valence-electron chi connectivity index (χ0n) is 12.2. The molecule has 0 aromatic carbocycles. The van der Waals surface area contributed by atoms with E-state index in [0.717, 1.165) is 18.8 Å². The Morgan fingerprint density at radius 1 is 1.33 bits per heavy atom. The van der Waals surface area contributed by atoms with Crippen LogP contribution in [0.1, 0.15) is 57.5 Å². The zero-order chi connectivity index (χ0) is 13.1. The smallest absolute Gasteiger partial charge is 0.0677 e. The van der Waals surface area contributed by atoms with Crippen LogP contribution in [0.3, 0.4) is 0 Å². The molecule has 1 aliphatic carbocycles. The topological polar surface area (TPSA) is 29.9 Å². The fraction of sp³-hybridized carbons (Fsp3) is 0.800. The summed E-state index contributed by atoms with van der Waals surface area (Å²) in [5.41, 5.74) is 2.63. The van der Waals surface area contributed by atoms with Gasteiger partial charge in [-0.1, -0.05) is 20.8 Å². The van der Waals surface area contributed by atoms with Crippen LogP contribution in [-0.4, -0.2) is 22.9 Å². The SMILES string of the molecule is CCc1cc(CC)n(C2CC(C)CCC2NC)n1. The molecular weight excluding hydrogens is 222 g/mol.